The minimum absolute atomic E-state index is 0.500. The fourth-order valence-electron chi connectivity index (χ4n) is 2.39. The fraction of sp³-hybridized carbons (Fsp3) is 0.643. The molecule has 2 aromatic heterocycles. The Hall–Kier alpha value is -1.69. The van der Waals surface area contributed by atoms with Gasteiger partial charge in [-0.15, -0.1) is 0 Å². The molecule has 3 rings (SSSR count). The molecule has 1 aliphatic carbocycles. The number of aromatic amines is 1. The average Bonchev–Trinajstić information content (AvgIpc) is 2.97. The molecule has 0 aromatic carbocycles. The van der Waals surface area contributed by atoms with Crippen molar-refractivity contribution >= 4 is 0 Å². The summed E-state index contributed by atoms with van der Waals surface area (Å²) in [6, 6.07) is 0. The van der Waals surface area contributed by atoms with E-state index in [1.165, 1.54) is 19.3 Å². The lowest BCUT2D eigenvalue weighted by Crippen LogP contribution is -2.23. The monoisotopic (exact) mass is 275 g/mol. The van der Waals surface area contributed by atoms with Gasteiger partial charge in [0.25, 0.3) is 0 Å². The third-order valence-electron chi connectivity index (χ3n) is 4.06. The van der Waals surface area contributed by atoms with Crippen molar-refractivity contribution in [2.45, 2.75) is 52.1 Å². The molecule has 0 bridgehead atoms. The van der Waals surface area contributed by atoms with Crippen molar-refractivity contribution in [2.24, 2.45) is 0 Å². The van der Waals surface area contributed by atoms with Crippen LogP contribution < -0.4 is 0 Å². The van der Waals surface area contributed by atoms with Crippen LogP contribution in [0.4, 0.5) is 0 Å². The summed E-state index contributed by atoms with van der Waals surface area (Å²) in [7, 11) is 0. The number of hydrogen-bond acceptors (Lipinski definition) is 5. The molecule has 0 aliphatic heterocycles. The van der Waals surface area contributed by atoms with Crippen molar-refractivity contribution < 1.29 is 4.52 Å². The van der Waals surface area contributed by atoms with Gasteiger partial charge in [-0.2, -0.15) is 4.98 Å². The van der Waals surface area contributed by atoms with Gasteiger partial charge in [0.1, 0.15) is 0 Å². The molecule has 0 atom stereocenters. The minimum atomic E-state index is 0.500. The fourth-order valence-corrected chi connectivity index (χ4v) is 2.39. The summed E-state index contributed by atoms with van der Waals surface area (Å²) >= 11 is 0. The normalized spacial score (nSPS) is 15.8. The Balaban J connectivity index is 1.62. The number of nitrogens with one attached hydrogen (secondary N) is 1. The zero-order chi connectivity index (χ0) is 13.9. The number of H-pyrrole nitrogens is 1. The van der Waals surface area contributed by atoms with Crippen molar-refractivity contribution in [1.82, 2.24) is 25.0 Å². The first-order chi connectivity index (χ1) is 9.76. The van der Waals surface area contributed by atoms with Gasteiger partial charge in [-0.25, -0.2) is 4.98 Å². The molecule has 20 heavy (non-hydrogen) atoms. The van der Waals surface area contributed by atoms with Crippen LogP contribution >= 0.6 is 0 Å². The highest BCUT2D eigenvalue weighted by Gasteiger charge is 2.25. The highest BCUT2D eigenvalue weighted by Crippen LogP contribution is 2.35. The van der Waals surface area contributed by atoms with Crippen LogP contribution in [0.15, 0.2) is 10.9 Å². The SMILES string of the molecule is CCN(Cc1noc(C2CCC2)n1)Cc1nc[nH]c1C. The van der Waals surface area contributed by atoms with Crippen molar-refractivity contribution in [3.05, 3.63) is 29.4 Å². The Morgan fingerprint density at radius 2 is 2.25 bits per heavy atom. The third kappa shape index (κ3) is 2.75. The van der Waals surface area contributed by atoms with Gasteiger partial charge in [-0.3, -0.25) is 4.90 Å². The topological polar surface area (TPSA) is 70.8 Å². The number of imidazole rings is 1. The Kier molecular flexibility index (Phi) is 3.82. The predicted molar refractivity (Wildman–Crippen MR) is 74.0 cm³/mol. The van der Waals surface area contributed by atoms with Crippen molar-refractivity contribution in [3.8, 4) is 0 Å². The summed E-state index contributed by atoms with van der Waals surface area (Å²) in [6.07, 6.45) is 5.39. The first-order valence-corrected chi connectivity index (χ1v) is 7.30. The van der Waals surface area contributed by atoms with Crippen LogP contribution in [0.1, 0.15) is 55.2 Å². The Labute approximate surface area is 118 Å². The quantitative estimate of drug-likeness (QED) is 0.876. The highest BCUT2D eigenvalue weighted by atomic mass is 16.5. The van der Waals surface area contributed by atoms with Crippen LogP contribution in [0.5, 0.6) is 0 Å². The first-order valence-electron chi connectivity index (χ1n) is 7.30. The van der Waals surface area contributed by atoms with E-state index >= 15 is 0 Å². The average molecular weight is 275 g/mol. The maximum absolute atomic E-state index is 5.36. The molecular weight excluding hydrogens is 254 g/mol. The van der Waals surface area contributed by atoms with Crippen molar-refractivity contribution in [2.75, 3.05) is 6.54 Å². The van der Waals surface area contributed by atoms with Gasteiger partial charge < -0.3 is 9.51 Å². The number of rotatable bonds is 6. The van der Waals surface area contributed by atoms with Crippen molar-refractivity contribution in [1.29, 1.82) is 0 Å². The van der Waals surface area contributed by atoms with Crippen LogP contribution in [0.25, 0.3) is 0 Å². The minimum Gasteiger partial charge on any atom is -0.348 e. The van der Waals surface area contributed by atoms with Crippen molar-refractivity contribution in [3.63, 3.8) is 0 Å². The van der Waals surface area contributed by atoms with Gasteiger partial charge in [-0.1, -0.05) is 18.5 Å². The van der Waals surface area contributed by atoms with Crippen LogP contribution in [-0.4, -0.2) is 31.6 Å². The summed E-state index contributed by atoms with van der Waals surface area (Å²) in [5.74, 6) is 2.10. The molecule has 108 valence electrons. The second-order valence-electron chi connectivity index (χ2n) is 5.45. The molecule has 6 heteroatoms. The molecule has 0 spiro atoms. The Morgan fingerprint density at radius 1 is 1.40 bits per heavy atom. The molecule has 0 radical (unpaired) electrons. The summed E-state index contributed by atoms with van der Waals surface area (Å²) < 4.78 is 5.36. The Morgan fingerprint density at radius 3 is 2.85 bits per heavy atom. The standard InChI is InChI=1S/C14H21N5O/c1-3-19(7-12-10(2)15-9-16-12)8-13-17-14(20-18-13)11-5-4-6-11/h9,11H,3-8H2,1-2H3,(H,15,16). The van der Waals surface area contributed by atoms with Gasteiger partial charge in [0.2, 0.25) is 5.89 Å². The van der Waals surface area contributed by atoms with E-state index in [1.54, 1.807) is 6.33 Å². The van der Waals surface area contributed by atoms with Crippen LogP contribution in [0.3, 0.4) is 0 Å². The molecule has 1 aliphatic rings. The Bertz CT molecular complexity index is 557. The maximum Gasteiger partial charge on any atom is 0.229 e. The molecule has 1 N–H and O–H groups in total. The molecular formula is C14H21N5O. The van der Waals surface area contributed by atoms with Gasteiger partial charge in [-0.05, 0) is 26.3 Å². The molecule has 0 saturated heterocycles. The number of aryl methyl sites for hydroxylation is 1. The number of hydrogen-bond donors (Lipinski definition) is 1. The van der Waals surface area contributed by atoms with E-state index < -0.39 is 0 Å². The number of aromatic nitrogens is 4. The van der Waals surface area contributed by atoms with E-state index in [0.29, 0.717) is 12.5 Å². The first kappa shape index (κ1) is 13.3. The van der Waals surface area contributed by atoms with Crippen LogP contribution in [0, 0.1) is 6.92 Å². The lowest BCUT2D eigenvalue weighted by Gasteiger charge is -2.20. The zero-order valence-corrected chi connectivity index (χ0v) is 12.1. The van der Waals surface area contributed by atoms with E-state index in [0.717, 1.165) is 36.2 Å². The predicted octanol–water partition coefficient (Wildman–Crippen LogP) is 2.39. The summed E-state index contributed by atoms with van der Waals surface area (Å²) in [4.78, 5) is 14.2. The summed E-state index contributed by atoms with van der Waals surface area (Å²) in [5.41, 5.74) is 2.20. The van der Waals surface area contributed by atoms with Gasteiger partial charge >= 0.3 is 0 Å². The number of nitrogens with zero attached hydrogens (tertiary/aromatic N) is 4. The van der Waals surface area contributed by atoms with Gasteiger partial charge in [0, 0.05) is 18.2 Å². The summed E-state index contributed by atoms with van der Waals surface area (Å²) in [6.45, 7) is 6.62. The van der Waals surface area contributed by atoms with E-state index in [1.807, 2.05) is 6.92 Å². The van der Waals surface area contributed by atoms with E-state index in [9.17, 15) is 0 Å². The molecule has 6 nitrogen and oxygen atoms in total. The summed E-state index contributed by atoms with van der Waals surface area (Å²) in [5, 5.41) is 4.10. The van der Waals surface area contributed by atoms with E-state index in [2.05, 4.69) is 31.9 Å². The molecule has 2 heterocycles. The van der Waals surface area contributed by atoms with Gasteiger partial charge in [0.05, 0.1) is 18.6 Å². The van der Waals surface area contributed by atoms with E-state index in [-0.39, 0.29) is 0 Å². The van der Waals surface area contributed by atoms with Crippen LogP contribution in [0.2, 0.25) is 0 Å². The second kappa shape index (κ2) is 5.75. The molecule has 2 aromatic rings. The third-order valence-corrected chi connectivity index (χ3v) is 4.06. The lowest BCUT2D eigenvalue weighted by molar-refractivity contribution is 0.253. The van der Waals surface area contributed by atoms with E-state index in [4.69, 9.17) is 4.52 Å². The van der Waals surface area contributed by atoms with Gasteiger partial charge in [0.15, 0.2) is 5.82 Å². The zero-order valence-electron chi connectivity index (χ0n) is 12.1. The molecule has 1 saturated carbocycles. The lowest BCUT2D eigenvalue weighted by atomic mass is 9.85. The molecule has 1 fully saturated rings. The largest absolute Gasteiger partial charge is 0.348 e. The molecule has 0 amide bonds. The maximum atomic E-state index is 5.36. The smallest absolute Gasteiger partial charge is 0.229 e. The van der Waals surface area contributed by atoms with Crippen LogP contribution in [-0.2, 0) is 13.1 Å². The molecule has 0 unspecified atom stereocenters. The highest BCUT2D eigenvalue weighted by molar-refractivity contribution is 5.08. The second-order valence-corrected chi connectivity index (χ2v) is 5.45.